The maximum atomic E-state index is 6.03. The smallest absolute Gasteiger partial charge is 0.205 e. The van der Waals surface area contributed by atoms with Gasteiger partial charge in [0.25, 0.3) is 0 Å². The van der Waals surface area contributed by atoms with E-state index in [1.165, 1.54) is 0 Å². The number of fused-ring (bicyclic) bond motifs is 1. The maximum absolute atomic E-state index is 6.03. The van der Waals surface area contributed by atoms with Gasteiger partial charge in [0, 0.05) is 4.47 Å². The van der Waals surface area contributed by atoms with Gasteiger partial charge in [-0.25, -0.2) is 4.98 Å². The predicted molar refractivity (Wildman–Crippen MR) is 82.9 cm³/mol. The highest BCUT2D eigenvalue weighted by Crippen LogP contribution is 2.29. The van der Waals surface area contributed by atoms with E-state index in [4.69, 9.17) is 17.3 Å². The summed E-state index contributed by atoms with van der Waals surface area (Å²) >= 11 is 9.44. The fraction of sp³-hybridized carbons (Fsp3) is 0.0714. The number of aryl methyl sites for hydroxylation is 1. The fourth-order valence-electron chi connectivity index (χ4n) is 2.10. The second-order valence-corrected chi connectivity index (χ2v) is 5.66. The van der Waals surface area contributed by atoms with Crippen LogP contribution < -0.4 is 5.73 Å². The summed E-state index contributed by atoms with van der Waals surface area (Å²) in [6.45, 7) is 2.04. The lowest BCUT2D eigenvalue weighted by molar-refractivity contribution is 1.11. The molecule has 0 radical (unpaired) electrons. The molecule has 0 aliphatic carbocycles. The van der Waals surface area contributed by atoms with Crippen LogP contribution >= 0.6 is 27.5 Å². The van der Waals surface area contributed by atoms with Crippen LogP contribution in [0.3, 0.4) is 0 Å². The van der Waals surface area contributed by atoms with Crippen molar-refractivity contribution >= 4 is 44.5 Å². The highest BCUT2D eigenvalue weighted by molar-refractivity contribution is 9.10. The van der Waals surface area contributed by atoms with E-state index >= 15 is 0 Å². The standard InChI is InChI=1S/C14H11BrClN3/c1-8-2-5-13-12(6-8)18-14(17)19(13)9-3-4-11(16)10(15)7-9/h2-7H,1H3,(H2,17,18). The quantitative estimate of drug-likeness (QED) is 0.718. The lowest BCUT2D eigenvalue weighted by Gasteiger charge is -2.08. The number of nitrogen functional groups attached to an aromatic ring is 1. The van der Waals surface area contributed by atoms with Crippen LogP contribution in [0.2, 0.25) is 5.02 Å². The number of nitrogens with two attached hydrogens (primary N) is 1. The molecule has 19 heavy (non-hydrogen) atoms. The molecule has 0 saturated heterocycles. The molecule has 3 rings (SSSR count). The van der Waals surface area contributed by atoms with Gasteiger partial charge < -0.3 is 5.73 Å². The van der Waals surface area contributed by atoms with Crippen molar-refractivity contribution in [2.24, 2.45) is 0 Å². The maximum Gasteiger partial charge on any atom is 0.205 e. The van der Waals surface area contributed by atoms with Crippen molar-refractivity contribution in [1.82, 2.24) is 9.55 Å². The van der Waals surface area contributed by atoms with Gasteiger partial charge >= 0.3 is 0 Å². The molecule has 0 bridgehead atoms. The molecule has 2 aromatic carbocycles. The number of rotatable bonds is 1. The molecule has 0 fully saturated rings. The van der Waals surface area contributed by atoms with Crippen molar-refractivity contribution in [3.8, 4) is 5.69 Å². The number of halogens is 2. The third-order valence-corrected chi connectivity index (χ3v) is 4.21. The van der Waals surface area contributed by atoms with E-state index in [-0.39, 0.29) is 0 Å². The molecule has 0 aliphatic heterocycles. The molecule has 3 nitrogen and oxygen atoms in total. The summed E-state index contributed by atoms with van der Waals surface area (Å²) in [6.07, 6.45) is 0. The Balaban J connectivity index is 2.29. The zero-order valence-electron chi connectivity index (χ0n) is 10.2. The summed E-state index contributed by atoms with van der Waals surface area (Å²) in [5.74, 6) is 0.467. The SMILES string of the molecule is Cc1ccc2c(c1)nc(N)n2-c1ccc(Cl)c(Br)c1. The number of benzene rings is 2. The number of anilines is 1. The first-order valence-corrected chi connectivity index (χ1v) is 6.93. The second kappa shape index (κ2) is 4.54. The number of hydrogen-bond acceptors (Lipinski definition) is 2. The van der Waals surface area contributed by atoms with Crippen LogP contribution in [-0.2, 0) is 0 Å². The Hall–Kier alpha value is -1.52. The summed E-state index contributed by atoms with van der Waals surface area (Å²) in [5, 5.41) is 0.669. The molecule has 3 aromatic rings. The Labute approximate surface area is 124 Å². The van der Waals surface area contributed by atoms with E-state index in [9.17, 15) is 0 Å². The van der Waals surface area contributed by atoms with Crippen LogP contribution in [0.1, 0.15) is 5.56 Å². The van der Waals surface area contributed by atoms with Crippen LogP contribution in [0.25, 0.3) is 16.7 Å². The molecule has 0 atom stereocenters. The number of aromatic nitrogens is 2. The molecule has 2 N–H and O–H groups in total. The summed E-state index contributed by atoms with van der Waals surface area (Å²) in [4.78, 5) is 4.39. The Bertz CT molecular complexity index is 780. The number of hydrogen-bond donors (Lipinski definition) is 1. The highest BCUT2D eigenvalue weighted by atomic mass is 79.9. The van der Waals surface area contributed by atoms with Gasteiger partial charge in [-0.05, 0) is 58.7 Å². The van der Waals surface area contributed by atoms with Crippen molar-refractivity contribution in [2.45, 2.75) is 6.92 Å². The Morgan fingerprint density at radius 2 is 2.00 bits per heavy atom. The minimum Gasteiger partial charge on any atom is -0.369 e. The average molecular weight is 337 g/mol. The Morgan fingerprint density at radius 1 is 1.21 bits per heavy atom. The molecule has 0 aliphatic rings. The zero-order valence-corrected chi connectivity index (χ0v) is 12.5. The highest BCUT2D eigenvalue weighted by Gasteiger charge is 2.11. The Kier molecular flexibility index (Phi) is 2.99. The largest absolute Gasteiger partial charge is 0.369 e. The molecule has 0 unspecified atom stereocenters. The first-order valence-electron chi connectivity index (χ1n) is 5.76. The van der Waals surface area contributed by atoms with E-state index in [2.05, 4.69) is 20.9 Å². The van der Waals surface area contributed by atoms with Gasteiger partial charge in [0.05, 0.1) is 21.7 Å². The van der Waals surface area contributed by atoms with Gasteiger partial charge in [-0.15, -0.1) is 0 Å². The van der Waals surface area contributed by atoms with Crippen molar-refractivity contribution in [1.29, 1.82) is 0 Å². The summed E-state index contributed by atoms with van der Waals surface area (Å²) in [5.41, 5.74) is 10.00. The third-order valence-electron chi connectivity index (χ3n) is 3.00. The van der Waals surface area contributed by atoms with Gasteiger partial charge in [-0.2, -0.15) is 0 Å². The zero-order chi connectivity index (χ0) is 13.6. The minimum atomic E-state index is 0.467. The molecule has 1 aromatic heterocycles. The molecular formula is C14H11BrClN3. The average Bonchev–Trinajstić information content (AvgIpc) is 2.68. The van der Waals surface area contributed by atoms with Crippen molar-refractivity contribution in [2.75, 3.05) is 5.73 Å². The second-order valence-electron chi connectivity index (χ2n) is 4.40. The van der Waals surface area contributed by atoms with E-state index < -0.39 is 0 Å². The molecule has 96 valence electrons. The van der Waals surface area contributed by atoms with Crippen LogP contribution in [-0.4, -0.2) is 9.55 Å². The van der Waals surface area contributed by atoms with Crippen LogP contribution in [0.15, 0.2) is 40.9 Å². The molecule has 0 spiro atoms. The van der Waals surface area contributed by atoms with Gasteiger partial charge in [-0.3, -0.25) is 4.57 Å². The van der Waals surface area contributed by atoms with Gasteiger partial charge in [0.1, 0.15) is 0 Å². The molecule has 0 amide bonds. The van der Waals surface area contributed by atoms with E-state index in [0.29, 0.717) is 11.0 Å². The Morgan fingerprint density at radius 3 is 2.74 bits per heavy atom. The third kappa shape index (κ3) is 2.11. The number of nitrogens with zero attached hydrogens (tertiary/aromatic N) is 2. The van der Waals surface area contributed by atoms with E-state index in [0.717, 1.165) is 26.8 Å². The topological polar surface area (TPSA) is 43.8 Å². The van der Waals surface area contributed by atoms with Crippen LogP contribution in [0.5, 0.6) is 0 Å². The van der Waals surface area contributed by atoms with Gasteiger partial charge in [-0.1, -0.05) is 17.7 Å². The normalized spacial score (nSPS) is 11.1. The van der Waals surface area contributed by atoms with Crippen LogP contribution in [0.4, 0.5) is 5.95 Å². The monoisotopic (exact) mass is 335 g/mol. The molecule has 0 saturated carbocycles. The molecular weight excluding hydrogens is 326 g/mol. The minimum absolute atomic E-state index is 0.467. The first-order chi connectivity index (χ1) is 9.06. The lowest BCUT2D eigenvalue weighted by atomic mass is 10.2. The van der Waals surface area contributed by atoms with Gasteiger partial charge in [0.2, 0.25) is 5.95 Å². The summed E-state index contributed by atoms with van der Waals surface area (Å²) in [7, 11) is 0. The predicted octanol–water partition coefficient (Wildman–Crippen LogP) is 4.33. The van der Waals surface area contributed by atoms with E-state index in [1.807, 2.05) is 47.9 Å². The molecule has 5 heteroatoms. The van der Waals surface area contributed by atoms with E-state index in [1.54, 1.807) is 0 Å². The van der Waals surface area contributed by atoms with Crippen molar-refractivity contribution in [3.05, 3.63) is 51.5 Å². The lowest BCUT2D eigenvalue weighted by Crippen LogP contribution is -2.00. The summed E-state index contributed by atoms with van der Waals surface area (Å²) in [6, 6.07) is 11.8. The van der Waals surface area contributed by atoms with Gasteiger partial charge in [0.15, 0.2) is 0 Å². The number of imidazole rings is 1. The van der Waals surface area contributed by atoms with Crippen LogP contribution in [0, 0.1) is 6.92 Å². The van der Waals surface area contributed by atoms with Crippen molar-refractivity contribution in [3.63, 3.8) is 0 Å². The summed E-state index contributed by atoms with van der Waals surface area (Å²) < 4.78 is 2.75. The fourth-order valence-corrected chi connectivity index (χ4v) is 2.59. The van der Waals surface area contributed by atoms with Crippen molar-refractivity contribution < 1.29 is 0 Å². The first kappa shape index (κ1) is 12.5. The molecule has 1 heterocycles.